The molecule has 3 rings (SSSR count). The standard InChI is InChI=1S/C16H23N3O2S/c1-12-17-18-16(22-12)11-19-8-4-2-3-6-13(19)10-14(20)15-7-5-9-21-15/h5,7,9,13-14,20H,2-4,6,8,10-11H2,1H3/t13-,14+/m1/s1. The van der Waals surface area contributed by atoms with Crippen LogP contribution in [0.4, 0.5) is 0 Å². The molecule has 0 aliphatic carbocycles. The van der Waals surface area contributed by atoms with Crippen molar-refractivity contribution in [3.8, 4) is 0 Å². The Hall–Kier alpha value is -1.24. The lowest BCUT2D eigenvalue weighted by Crippen LogP contribution is -2.35. The van der Waals surface area contributed by atoms with E-state index in [4.69, 9.17) is 4.42 Å². The molecule has 0 spiro atoms. The minimum atomic E-state index is -0.531. The Morgan fingerprint density at radius 2 is 2.32 bits per heavy atom. The third-order valence-electron chi connectivity index (χ3n) is 4.27. The fourth-order valence-corrected chi connectivity index (χ4v) is 3.88. The van der Waals surface area contributed by atoms with E-state index >= 15 is 0 Å². The summed E-state index contributed by atoms with van der Waals surface area (Å²) in [6.45, 7) is 3.89. The van der Waals surface area contributed by atoms with Crippen molar-refractivity contribution in [2.45, 2.75) is 57.7 Å². The molecule has 6 heteroatoms. The highest BCUT2D eigenvalue weighted by atomic mass is 32.1. The second-order valence-corrected chi connectivity index (χ2v) is 7.22. The first-order chi connectivity index (χ1) is 10.7. The molecule has 2 atom stereocenters. The van der Waals surface area contributed by atoms with E-state index in [1.54, 1.807) is 17.6 Å². The van der Waals surface area contributed by atoms with Crippen LogP contribution in [0, 0.1) is 6.92 Å². The van der Waals surface area contributed by atoms with Gasteiger partial charge in [0.2, 0.25) is 0 Å². The first kappa shape index (κ1) is 15.6. The van der Waals surface area contributed by atoms with Gasteiger partial charge in [0, 0.05) is 6.04 Å². The number of furan rings is 1. The number of hydrogen-bond acceptors (Lipinski definition) is 6. The molecule has 0 unspecified atom stereocenters. The monoisotopic (exact) mass is 321 g/mol. The summed E-state index contributed by atoms with van der Waals surface area (Å²) in [5.74, 6) is 0.663. The van der Waals surface area contributed by atoms with Gasteiger partial charge in [0.05, 0.1) is 12.8 Å². The third kappa shape index (κ3) is 3.94. The first-order valence-corrected chi connectivity index (χ1v) is 8.78. The van der Waals surface area contributed by atoms with Gasteiger partial charge in [-0.3, -0.25) is 4.90 Å². The maximum atomic E-state index is 10.4. The first-order valence-electron chi connectivity index (χ1n) is 7.97. The zero-order chi connectivity index (χ0) is 15.4. The highest BCUT2D eigenvalue weighted by molar-refractivity contribution is 7.11. The van der Waals surface area contributed by atoms with Crippen LogP contribution in [0.25, 0.3) is 0 Å². The quantitative estimate of drug-likeness (QED) is 0.915. The zero-order valence-corrected chi connectivity index (χ0v) is 13.8. The summed E-state index contributed by atoms with van der Waals surface area (Å²) < 4.78 is 5.34. The molecule has 120 valence electrons. The van der Waals surface area contributed by atoms with Crippen molar-refractivity contribution in [2.75, 3.05) is 6.54 Å². The molecule has 0 bridgehead atoms. The molecule has 0 saturated carbocycles. The van der Waals surface area contributed by atoms with Crippen molar-refractivity contribution in [3.63, 3.8) is 0 Å². The second-order valence-electron chi connectivity index (χ2n) is 5.96. The molecule has 1 aliphatic rings. The molecular formula is C16H23N3O2S. The SMILES string of the molecule is Cc1nnc(CN2CCCCC[C@@H]2C[C@H](O)c2ccco2)s1. The predicted octanol–water partition coefficient (Wildman–Crippen LogP) is 3.31. The van der Waals surface area contributed by atoms with Gasteiger partial charge in [-0.05, 0) is 44.9 Å². The number of aryl methyl sites for hydroxylation is 1. The van der Waals surface area contributed by atoms with Crippen molar-refractivity contribution in [1.82, 2.24) is 15.1 Å². The smallest absolute Gasteiger partial charge is 0.132 e. The van der Waals surface area contributed by atoms with Crippen LogP contribution in [0.3, 0.4) is 0 Å². The van der Waals surface area contributed by atoms with E-state index in [1.165, 1.54) is 19.3 Å². The fourth-order valence-electron chi connectivity index (χ4n) is 3.14. The van der Waals surface area contributed by atoms with Gasteiger partial charge in [0.25, 0.3) is 0 Å². The molecule has 2 aromatic rings. The summed E-state index contributed by atoms with van der Waals surface area (Å²) in [4.78, 5) is 2.46. The third-order valence-corrected chi connectivity index (χ3v) is 5.10. The summed E-state index contributed by atoms with van der Waals surface area (Å²) in [5.41, 5.74) is 0. The van der Waals surface area contributed by atoms with Crippen molar-refractivity contribution in [1.29, 1.82) is 0 Å². The van der Waals surface area contributed by atoms with Crippen LogP contribution in [0.5, 0.6) is 0 Å². The summed E-state index contributed by atoms with van der Waals surface area (Å²) in [6, 6.07) is 4.04. The van der Waals surface area contributed by atoms with E-state index in [-0.39, 0.29) is 0 Å². The average molecular weight is 321 g/mol. The van der Waals surface area contributed by atoms with Gasteiger partial charge in [-0.25, -0.2) is 0 Å². The molecule has 0 radical (unpaired) electrons. The van der Waals surface area contributed by atoms with Crippen LogP contribution in [0.1, 0.15) is 54.0 Å². The maximum absolute atomic E-state index is 10.4. The Morgan fingerprint density at radius 3 is 3.05 bits per heavy atom. The van der Waals surface area contributed by atoms with Gasteiger partial charge in [0.15, 0.2) is 0 Å². The molecule has 5 nitrogen and oxygen atoms in total. The maximum Gasteiger partial charge on any atom is 0.132 e. The van der Waals surface area contributed by atoms with Crippen LogP contribution in [-0.4, -0.2) is 32.8 Å². The van der Waals surface area contributed by atoms with Gasteiger partial charge in [0.1, 0.15) is 21.9 Å². The molecule has 3 heterocycles. The molecule has 22 heavy (non-hydrogen) atoms. The Morgan fingerprint density at radius 1 is 1.41 bits per heavy atom. The number of aromatic nitrogens is 2. The number of rotatable bonds is 5. The van der Waals surface area contributed by atoms with E-state index in [2.05, 4.69) is 15.1 Å². The number of likely N-dealkylation sites (tertiary alicyclic amines) is 1. The summed E-state index contributed by atoms with van der Waals surface area (Å²) in [7, 11) is 0. The Labute approximate surface area is 135 Å². The molecule has 1 saturated heterocycles. The van der Waals surface area contributed by atoms with Gasteiger partial charge in [-0.15, -0.1) is 21.5 Å². The minimum absolute atomic E-state index is 0.367. The van der Waals surface area contributed by atoms with Gasteiger partial charge >= 0.3 is 0 Å². The van der Waals surface area contributed by atoms with Crippen LogP contribution in [-0.2, 0) is 6.54 Å². The summed E-state index contributed by atoms with van der Waals surface area (Å²) in [6.07, 6.45) is 6.62. The minimum Gasteiger partial charge on any atom is -0.467 e. The molecule has 1 fully saturated rings. The normalized spacial score (nSPS) is 21.6. The molecule has 0 aromatic carbocycles. The van der Waals surface area contributed by atoms with E-state index < -0.39 is 6.10 Å². The Kier molecular flexibility index (Phi) is 5.23. The number of aliphatic hydroxyl groups excluding tert-OH is 1. The van der Waals surface area contributed by atoms with Crippen molar-refractivity contribution in [3.05, 3.63) is 34.2 Å². The van der Waals surface area contributed by atoms with Gasteiger partial charge in [-0.2, -0.15) is 0 Å². The number of aliphatic hydroxyl groups is 1. The van der Waals surface area contributed by atoms with Crippen LogP contribution < -0.4 is 0 Å². The van der Waals surface area contributed by atoms with Crippen molar-refractivity contribution in [2.24, 2.45) is 0 Å². The van der Waals surface area contributed by atoms with E-state index in [0.717, 1.165) is 29.5 Å². The van der Waals surface area contributed by atoms with Crippen LogP contribution >= 0.6 is 11.3 Å². The zero-order valence-electron chi connectivity index (χ0n) is 12.9. The van der Waals surface area contributed by atoms with Crippen LogP contribution in [0.2, 0.25) is 0 Å². The highest BCUT2D eigenvalue weighted by Crippen LogP contribution is 2.28. The molecule has 2 aromatic heterocycles. The lowest BCUT2D eigenvalue weighted by Gasteiger charge is -2.30. The van der Waals surface area contributed by atoms with Crippen LogP contribution in [0.15, 0.2) is 22.8 Å². The lowest BCUT2D eigenvalue weighted by atomic mass is 10.0. The summed E-state index contributed by atoms with van der Waals surface area (Å²) in [5, 5.41) is 20.8. The number of nitrogens with zero attached hydrogens (tertiary/aromatic N) is 3. The van der Waals surface area contributed by atoms with Gasteiger partial charge in [-0.1, -0.05) is 12.8 Å². The van der Waals surface area contributed by atoms with Crippen molar-refractivity contribution < 1.29 is 9.52 Å². The second kappa shape index (κ2) is 7.35. The van der Waals surface area contributed by atoms with E-state index in [9.17, 15) is 5.11 Å². The predicted molar refractivity (Wildman–Crippen MR) is 85.6 cm³/mol. The average Bonchev–Trinajstić information content (AvgIpc) is 3.12. The van der Waals surface area contributed by atoms with Crippen molar-refractivity contribution >= 4 is 11.3 Å². The molecule has 1 N–H and O–H groups in total. The topological polar surface area (TPSA) is 62.4 Å². The summed E-state index contributed by atoms with van der Waals surface area (Å²) >= 11 is 1.66. The van der Waals surface area contributed by atoms with Gasteiger partial charge < -0.3 is 9.52 Å². The Balaban J connectivity index is 1.67. The largest absolute Gasteiger partial charge is 0.467 e. The van der Waals surface area contributed by atoms with E-state index in [0.29, 0.717) is 18.2 Å². The molecule has 1 aliphatic heterocycles. The van der Waals surface area contributed by atoms with E-state index in [1.807, 2.05) is 19.1 Å². The fraction of sp³-hybridized carbons (Fsp3) is 0.625. The lowest BCUT2D eigenvalue weighted by molar-refractivity contribution is 0.0829. The number of hydrogen-bond donors (Lipinski definition) is 1. The molecule has 0 amide bonds. The highest BCUT2D eigenvalue weighted by Gasteiger charge is 2.26. The Bertz CT molecular complexity index is 570. The molecular weight excluding hydrogens is 298 g/mol.